The van der Waals surface area contributed by atoms with E-state index in [0.29, 0.717) is 5.76 Å². The third-order valence-electron chi connectivity index (χ3n) is 3.23. The predicted molar refractivity (Wildman–Crippen MR) is 81.5 cm³/mol. The summed E-state index contributed by atoms with van der Waals surface area (Å²) < 4.78 is 10.1. The zero-order valence-electron chi connectivity index (χ0n) is 12.7. The molecular weight excluding hydrogens is 288 g/mol. The highest BCUT2D eigenvalue weighted by Crippen LogP contribution is 2.24. The first-order valence-corrected chi connectivity index (χ1v) is 7.75. The molecule has 2 heterocycles. The van der Waals surface area contributed by atoms with Gasteiger partial charge in [0.25, 0.3) is 0 Å². The summed E-state index contributed by atoms with van der Waals surface area (Å²) >= 11 is 1.71. The fourth-order valence-electron chi connectivity index (χ4n) is 2.01. The number of methoxy groups -OCH3 is 1. The summed E-state index contributed by atoms with van der Waals surface area (Å²) in [6.45, 7) is 6.18. The minimum Gasteiger partial charge on any atom is -0.463 e. The quantitative estimate of drug-likeness (QED) is 0.827. The number of carbonyl (C=O) groups is 1. The van der Waals surface area contributed by atoms with Gasteiger partial charge >= 0.3 is 5.97 Å². The number of furan rings is 1. The lowest BCUT2D eigenvalue weighted by atomic mass is 10.2. The lowest BCUT2D eigenvalue weighted by molar-refractivity contribution is 0.0562. The van der Waals surface area contributed by atoms with Gasteiger partial charge in [-0.2, -0.15) is 0 Å². The lowest BCUT2D eigenvalue weighted by Crippen LogP contribution is -2.22. The Balaban J connectivity index is 2.01. The van der Waals surface area contributed by atoms with Gasteiger partial charge < -0.3 is 9.15 Å². The molecule has 0 aromatic carbocycles. The average molecular weight is 308 g/mol. The molecule has 0 fully saturated rings. The number of aromatic nitrogens is 1. The van der Waals surface area contributed by atoms with Gasteiger partial charge in [0.1, 0.15) is 10.8 Å². The summed E-state index contributed by atoms with van der Waals surface area (Å²) in [5, 5.41) is 4.48. The number of rotatable bonds is 6. The van der Waals surface area contributed by atoms with Crippen LogP contribution in [0.5, 0.6) is 0 Å². The molecule has 114 valence electrons. The van der Waals surface area contributed by atoms with Crippen molar-refractivity contribution in [2.45, 2.75) is 39.3 Å². The second kappa shape index (κ2) is 6.87. The zero-order valence-corrected chi connectivity index (χ0v) is 13.5. The summed E-state index contributed by atoms with van der Waals surface area (Å²) in [5.74, 6) is 0.458. The first-order valence-electron chi connectivity index (χ1n) is 6.93. The van der Waals surface area contributed by atoms with Crippen LogP contribution in [0.15, 0.2) is 22.7 Å². The van der Waals surface area contributed by atoms with Gasteiger partial charge in [-0.1, -0.05) is 6.92 Å². The Morgan fingerprint density at radius 3 is 2.81 bits per heavy atom. The minimum absolute atomic E-state index is 0.0209. The van der Waals surface area contributed by atoms with Crippen molar-refractivity contribution in [1.29, 1.82) is 0 Å². The molecule has 2 rings (SSSR count). The number of hydrogen-bond acceptors (Lipinski definition) is 6. The van der Waals surface area contributed by atoms with E-state index in [9.17, 15) is 4.79 Å². The average Bonchev–Trinajstić information content (AvgIpc) is 3.15. The van der Waals surface area contributed by atoms with Crippen molar-refractivity contribution < 1.29 is 13.9 Å². The second-order valence-corrected chi connectivity index (χ2v) is 5.97. The minimum atomic E-state index is -0.464. The summed E-state index contributed by atoms with van der Waals surface area (Å²) in [7, 11) is 1.34. The SMILES string of the molecule is CCc1cnc(C(C)NC(C)c2ccc(C(=O)OC)o2)s1. The third-order valence-corrected chi connectivity index (χ3v) is 4.55. The molecule has 2 unspecified atom stereocenters. The molecule has 21 heavy (non-hydrogen) atoms. The summed E-state index contributed by atoms with van der Waals surface area (Å²) in [5.41, 5.74) is 0. The molecule has 2 aromatic heterocycles. The Morgan fingerprint density at radius 1 is 1.43 bits per heavy atom. The van der Waals surface area contributed by atoms with Crippen LogP contribution in [0.4, 0.5) is 0 Å². The van der Waals surface area contributed by atoms with Gasteiger partial charge in [-0.15, -0.1) is 11.3 Å². The smallest absolute Gasteiger partial charge is 0.373 e. The van der Waals surface area contributed by atoms with Crippen LogP contribution in [0, 0.1) is 0 Å². The van der Waals surface area contributed by atoms with Crippen molar-refractivity contribution in [3.05, 3.63) is 39.7 Å². The van der Waals surface area contributed by atoms with Gasteiger partial charge in [-0.05, 0) is 32.4 Å². The van der Waals surface area contributed by atoms with Crippen LogP contribution in [0.3, 0.4) is 0 Å². The maximum Gasteiger partial charge on any atom is 0.373 e. The molecule has 6 heteroatoms. The standard InChI is InChI=1S/C15H20N2O3S/c1-5-11-8-16-14(21-11)10(3)17-9(2)12-6-7-13(20-12)15(18)19-4/h6-10,17H,5H2,1-4H3. The molecule has 0 radical (unpaired) electrons. The number of nitrogens with zero attached hydrogens (tertiary/aromatic N) is 1. The number of thiazole rings is 1. The molecule has 0 spiro atoms. The Hall–Kier alpha value is -1.66. The van der Waals surface area contributed by atoms with Crippen molar-refractivity contribution >= 4 is 17.3 Å². The Morgan fingerprint density at radius 2 is 2.19 bits per heavy atom. The molecule has 5 nitrogen and oxygen atoms in total. The van der Waals surface area contributed by atoms with Gasteiger partial charge in [0.15, 0.2) is 0 Å². The third kappa shape index (κ3) is 3.71. The van der Waals surface area contributed by atoms with Crippen LogP contribution in [-0.2, 0) is 11.2 Å². The van der Waals surface area contributed by atoms with Gasteiger partial charge in [-0.3, -0.25) is 5.32 Å². The van der Waals surface area contributed by atoms with Crippen molar-refractivity contribution in [3.63, 3.8) is 0 Å². The highest BCUT2D eigenvalue weighted by atomic mass is 32.1. The highest BCUT2D eigenvalue weighted by molar-refractivity contribution is 7.11. The Kier molecular flexibility index (Phi) is 5.14. The highest BCUT2D eigenvalue weighted by Gasteiger charge is 2.18. The topological polar surface area (TPSA) is 64.4 Å². The molecule has 1 N–H and O–H groups in total. The first kappa shape index (κ1) is 15.7. The monoisotopic (exact) mass is 308 g/mol. The maximum atomic E-state index is 11.4. The predicted octanol–water partition coefficient (Wildman–Crippen LogP) is 3.50. The van der Waals surface area contributed by atoms with Gasteiger partial charge in [-0.25, -0.2) is 9.78 Å². The second-order valence-electron chi connectivity index (χ2n) is 4.82. The molecule has 0 bridgehead atoms. The number of aryl methyl sites for hydroxylation is 1. The van der Waals surface area contributed by atoms with E-state index in [-0.39, 0.29) is 17.8 Å². The molecule has 0 saturated carbocycles. The molecule has 0 amide bonds. The van der Waals surface area contributed by atoms with E-state index in [1.807, 2.05) is 13.1 Å². The van der Waals surface area contributed by atoms with E-state index in [0.717, 1.165) is 11.4 Å². The molecule has 0 aliphatic carbocycles. The number of ether oxygens (including phenoxy) is 1. The van der Waals surface area contributed by atoms with Gasteiger partial charge in [0, 0.05) is 11.1 Å². The van der Waals surface area contributed by atoms with Crippen LogP contribution >= 0.6 is 11.3 Å². The molecule has 0 saturated heterocycles. The van der Waals surface area contributed by atoms with Crippen molar-refractivity contribution in [3.8, 4) is 0 Å². The van der Waals surface area contributed by atoms with E-state index in [1.54, 1.807) is 23.5 Å². The normalized spacial score (nSPS) is 13.9. The molecule has 2 aromatic rings. The largest absolute Gasteiger partial charge is 0.463 e. The van der Waals surface area contributed by atoms with E-state index in [4.69, 9.17) is 4.42 Å². The van der Waals surface area contributed by atoms with Crippen LogP contribution < -0.4 is 5.32 Å². The van der Waals surface area contributed by atoms with Crippen LogP contribution in [0.1, 0.15) is 59.1 Å². The number of nitrogens with one attached hydrogen (secondary N) is 1. The first-order chi connectivity index (χ1) is 10.0. The Bertz CT molecular complexity index is 606. The Labute approximate surface area is 128 Å². The van der Waals surface area contributed by atoms with Crippen molar-refractivity contribution in [2.24, 2.45) is 0 Å². The van der Waals surface area contributed by atoms with Gasteiger partial charge in [0.05, 0.1) is 19.2 Å². The molecule has 0 aliphatic heterocycles. The maximum absolute atomic E-state index is 11.4. The van der Waals surface area contributed by atoms with Crippen molar-refractivity contribution in [1.82, 2.24) is 10.3 Å². The molecular formula is C15H20N2O3S. The van der Waals surface area contributed by atoms with Crippen LogP contribution in [-0.4, -0.2) is 18.1 Å². The molecule has 0 aliphatic rings. The van der Waals surface area contributed by atoms with E-state index in [2.05, 4.69) is 28.9 Å². The van der Waals surface area contributed by atoms with Crippen LogP contribution in [0.25, 0.3) is 0 Å². The summed E-state index contributed by atoms with van der Waals surface area (Å²) in [6, 6.07) is 3.52. The summed E-state index contributed by atoms with van der Waals surface area (Å²) in [6.07, 6.45) is 2.92. The number of carbonyl (C=O) groups excluding carboxylic acids is 1. The number of hydrogen-bond donors (Lipinski definition) is 1. The zero-order chi connectivity index (χ0) is 15.4. The van der Waals surface area contributed by atoms with E-state index in [1.165, 1.54) is 12.0 Å². The van der Waals surface area contributed by atoms with E-state index >= 15 is 0 Å². The van der Waals surface area contributed by atoms with Crippen LogP contribution in [0.2, 0.25) is 0 Å². The lowest BCUT2D eigenvalue weighted by Gasteiger charge is -2.16. The van der Waals surface area contributed by atoms with Gasteiger partial charge in [0.2, 0.25) is 5.76 Å². The number of esters is 1. The van der Waals surface area contributed by atoms with Crippen molar-refractivity contribution in [2.75, 3.05) is 7.11 Å². The fourth-order valence-corrected chi connectivity index (χ4v) is 2.88. The fraction of sp³-hybridized carbons (Fsp3) is 0.467. The molecule has 2 atom stereocenters. The van der Waals surface area contributed by atoms with E-state index < -0.39 is 5.97 Å². The summed E-state index contributed by atoms with van der Waals surface area (Å²) in [4.78, 5) is 17.1.